The minimum atomic E-state index is -0.439. The number of hydrogen-bond acceptors (Lipinski definition) is 1. The van der Waals surface area contributed by atoms with Crippen LogP contribution in [0, 0.1) is 5.82 Å². The molecule has 100 valence electrons. The minimum Gasteiger partial charge on any atom is -0.353 e. The molecule has 0 heterocycles. The van der Waals surface area contributed by atoms with Crippen molar-refractivity contribution in [2.45, 2.75) is 32.2 Å². The monoisotopic (exact) mass is 335 g/mol. The van der Waals surface area contributed by atoms with Crippen LogP contribution >= 0.6 is 27.5 Å². The zero-order valence-corrected chi connectivity index (χ0v) is 12.5. The van der Waals surface area contributed by atoms with Crippen LogP contribution < -0.4 is 5.32 Å². The van der Waals surface area contributed by atoms with Crippen molar-refractivity contribution in [3.05, 3.63) is 34.6 Å². The normalized spacial score (nSPS) is 12.2. The highest BCUT2D eigenvalue weighted by Crippen LogP contribution is 2.19. The van der Waals surface area contributed by atoms with Gasteiger partial charge in [0.1, 0.15) is 5.82 Å². The summed E-state index contributed by atoms with van der Waals surface area (Å²) >= 11 is 9.22. The van der Waals surface area contributed by atoms with Crippen LogP contribution in [0.4, 0.5) is 4.39 Å². The molecule has 0 radical (unpaired) electrons. The number of alkyl halides is 1. The van der Waals surface area contributed by atoms with Gasteiger partial charge in [-0.2, -0.15) is 0 Å². The third kappa shape index (κ3) is 4.58. The number of carbonyl (C=O) groups is 1. The minimum absolute atomic E-state index is 0.0235. The standard InChI is InChI=1S/C13H16BrClFNO/c1-2-9(6-7-14)17-13(18)8-10-11(15)4-3-5-12(10)16/h3-5,9H,2,6-8H2,1H3,(H,17,18). The molecule has 0 aliphatic carbocycles. The molecule has 1 N–H and O–H groups in total. The van der Waals surface area contributed by atoms with Gasteiger partial charge in [-0.05, 0) is 25.0 Å². The lowest BCUT2D eigenvalue weighted by molar-refractivity contribution is -0.121. The Hall–Kier alpha value is -0.610. The van der Waals surface area contributed by atoms with Gasteiger partial charge in [-0.25, -0.2) is 4.39 Å². The Bertz CT molecular complexity index is 394. The van der Waals surface area contributed by atoms with E-state index in [2.05, 4.69) is 21.2 Å². The Morgan fingerprint density at radius 3 is 2.83 bits per heavy atom. The van der Waals surface area contributed by atoms with E-state index in [0.29, 0.717) is 5.02 Å². The third-order valence-corrected chi connectivity index (χ3v) is 3.53. The first-order valence-corrected chi connectivity index (χ1v) is 7.36. The Balaban J connectivity index is 2.64. The molecular formula is C13H16BrClFNO. The van der Waals surface area contributed by atoms with Gasteiger partial charge in [-0.3, -0.25) is 4.79 Å². The average molecular weight is 337 g/mol. The fourth-order valence-electron chi connectivity index (χ4n) is 1.65. The van der Waals surface area contributed by atoms with E-state index in [1.54, 1.807) is 6.07 Å². The lowest BCUT2D eigenvalue weighted by atomic mass is 10.1. The molecule has 0 aromatic heterocycles. The zero-order chi connectivity index (χ0) is 13.5. The quantitative estimate of drug-likeness (QED) is 0.789. The molecule has 0 saturated carbocycles. The van der Waals surface area contributed by atoms with Crippen molar-refractivity contribution in [3.63, 3.8) is 0 Å². The lowest BCUT2D eigenvalue weighted by Gasteiger charge is -2.16. The zero-order valence-electron chi connectivity index (χ0n) is 10.2. The Kier molecular flexibility index (Phi) is 6.65. The van der Waals surface area contributed by atoms with Gasteiger partial charge in [0.15, 0.2) is 0 Å². The number of benzene rings is 1. The molecule has 1 aromatic carbocycles. The number of carbonyl (C=O) groups excluding carboxylic acids is 1. The summed E-state index contributed by atoms with van der Waals surface area (Å²) < 4.78 is 13.5. The second-order valence-electron chi connectivity index (χ2n) is 4.03. The Labute approximate surface area is 120 Å². The van der Waals surface area contributed by atoms with Crippen molar-refractivity contribution < 1.29 is 9.18 Å². The van der Waals surface area contributed by atoms with Gasteiger partial charge in [-0.1, -0.05) is 40.5 Å². The molecule has 1 atom stereocenters. The lowest BCUT2D eigenvalue weighted by Crippen LogP contribution is -2.35. The third-order valence-electron chi connectivity index (χ3n) is 2.71. The first-order valence-electron chi connectivity index (χ1n) is 5.86. The maximum atomic E-state index is 13.5. The summed E-state index contributed by atoms with van der Waals surface area (Å²) in [6.45, 7) is 2.00. The number of rotatable bonds is 6. The van der Waals surface area contributed by atoms with Crippen molar-refractivity contribution in [1.82, 2.24) is 5.32 Å². The highest BCUT2D eigenvalue weighted by atomic mass is 79.9. The van der Waals surface area contributed by atoms with Gasteiger partial charge in [0, 0.05) is 22.0 Å². The van der Waals surface area contributed by atoms with Crippen LogP contribution in [0.25, 0.3) is 0 Å². The summed E-state index contributed by atoms with van der Waals surface area (Å²) in [6, 6.07) is 4.54. The van der Waals surface area contributed by atoms with Gasteiger partial charge in [0.25, 0.3) is 0 Å². The van der Waals surface area contributed by atoms with Crippen LogP contribution in [0.15, 0.2) is 18.2 Å². The molecule has 1 unspecified atom stereocenters. The maximum Gasteiger partial charge on any atom is 0.224 e. The van der Waals surface area contributed by atoms with Crippen molar-refractivity contribution in [2.24, 2.45) is 0 Å². The summed E-state index contributed by atoms with van der Waals surface area (Å²) in [4.78, 5) is 11.8. The van der Waals surface area contributed by atoms with Gasteiger partial charge in [-0.15, -0.1) is 0 Å². The second kappa shape index (κ2) is 7.74. The van der Waals surface area contributed by atoms with Crippen LogP contribution in [0.2, 0.25) is 5.02 Å². The molecule has 0 fully saturated rings. The first kappa shape index (κ1) is 15.4. The molecule has 0 bridgehead atoms. The molecule has 1 rings (SSSR count). The van der Waals surface area contributed by atoms with Crippen LogP contribution in [0.3, 0.4) is 0 Å². The number of nitrogens with one attached hydrogen (secondary N) is 1. The van der Waals surface area contributed by atoms with E-state index in [1.165, 1.54) is 12.1 Å². The number of halogens is 3. The number of hydrogen-bond donors (Lipinski definition) is 1. The molecule has 0 saturated heterocycles. The first-order chi connectivity index (χ1) is 8.58. The van der Waals surface area contributed by atoms with Crippen LogP contribution in [-0.2, 0) is 11.2 Å². The summed E-state index contributed by atoms with van der Waals surface area (Å²) in [5.74, 6) is -0.638. The average Bonchev–Trinajstić information content (AvgIpc) is 2.33. The van der Waals surface area contributed by atoms with Crippen LogP contribution in [-0.4, -0.2) is 17.3 Å². The molecule has 1 amide bonds. The molecule has 18 heavy (non-hydrogen) atoms. The van der Waals surface area contributed by atoms with Crippen molar-refractivity contribution in [3.8, 4) is 0 Å². The van der Waals surface area contributed by atoms with E-state index >= 15 is 0 Å². The topological polar surface area (TPSA) is 29.1 Å². The van der Waals surface area contributed by atoms with Gasteiger partial charge in [0.2, 0.25) is 5.91 Å². The molecule has 0 aliphatic rings. The smallest absolute Gasteiger partial charge is 0.224 e. The Morgan fingerprint density at radius 2 is 2.28 bits per heavy atom. The predicted octanol–water partition coefficient (Wildman–Crippen LogP) is 3.70. The van der Waals surface area contributed by atoms with Crippen LogP contribution in [0.1, 0.15) is 25.3 Å². The molecule has 1 aromatic rings. The van der Waals surface area contributed by atoms with E-state index in [9.17, 15) is 9.18 Å². The fraction of sp³-hybridized carbons (Fsp3) is 0.462. The van der Waals surface area contributed by atoms with Gasteiger partial charge in [0.05, 0.1) is 6.42 Å². The largest absolute Gasteiger partial charge is 0.353 e. The maximum absolute atomic E-state index is 13.5. The SMILES string of the molecule is CCC(CCBr)NC(=O)Cc1c(F)cccc1Cl. The molecule has 5 heteroatoms. The summed E-state index contributed by atoms with van der Waals surface area (Å²) in [5, 5.41) is 3.99. The van der Waals surface area contributed by atoms with Crippen LogP contribution in [0.5, 0.6) is 0 Å². The highest BCUT2D eigenvalue weighted by Gasteiger charge is 2.14. The predicted molar refractivity (Wildman–Crippen MR) is 75.7 cm³/mol. The van der Waals surface area contributed by atoms with E-state index in [-0.39, 0.29) is 23.9 Å². The summed E-state index contributed by atoms with van der Waals surface area (Å²) in [5.41, 5.74) is 0.255. The molecule has 2 nitrogen and oxygen atoms in total. The van der Waals surface area contributed by atoms with E-state index in [1.807, 2.05) is 6.92 Å². The second-order valence-corrected chi connectivity index (χ2v) is 5.23. The molecule has 0 spiro atoms. The molecular weight excluding hydrogens is 321 g/mol. The molecule has 0 aliphatic heterocycles. The van der Waals surface area contributed by atoms with E-state index in [0.717, 1.165) is 18.2 Å². The van der Waals surface area contributed by atoms with Crippen molar-refractivity contribution >= 4 is 33.4 Å². The van der Waals surface area contributed by atoms with E-state index < -0.39 is 5.82 Å². The summed E-state index contributed by atoms with van der Waals surface area (Å²) in [6.07, 6.45) is 1.68. The summed E-state index contributed by atoms with van der Waals surface area (Å²) in [7, 11) is 0. The van der Waals surface area contributed by atoms with Gasteiger partial charge >= 0.3 is 0 Å². The van der Waals surface area contributed by atoms with Crippen molar-refractivity contribution in [2.75, 3.05) is 5.33 Å². The fourth-order valence-corrected chi connectivity index (χ4v) is 2.43. The van der Waals surface area contributed by atoms with E-state index in [4.69, 9.17) is 11.6 Å². The Morgan fingerprint density at radius 1 is 1.56 bits per heavy atom. The van der Waals surface area contributed by atoms with Gasteiger partial charge < -0.3 is 5.32 Å². The van der Waals surface area contributed by atoms with Crippen molar-refractivity contribution in [1.29, 1.82) is 0 Å². The highest BCUT2D eigenvalue weighted by molar-refractivity contribution is 9.09. The number of amides is 1.